The third-order valence-corrected chi connectivity index (χ3v) is 3.16. The van der Waals surface area contributed by atoms with Crippen molar-refractivity contribution in [2.24, 2.45) is 0 Å². The van der Waals surface area contributed by atoms with Crippen LogP contribution >= 0.6 is 15.9 Å². The molecular formula is C13H11BrN4O3. The maximum Gasteiger partial charge on any atom is 0.293 e. The standard InChI is InChI=1S/C13H11BrN4O3/c1-15-10-4-2-8(6-11(10)18(20)21)13(19)17-12-5-3-9(14)7-16-12/h2-7,15H,1H3,(H,16,17,19). The third kappa shape index (κ3) is 3.54. The molecule has 0 unspecified atom stereocenters. The van der Waals surface area contributed by atoms with Crippen LogP contribution in [0, 0.1) is 10.1 Å². The summed E-state index contributed by atoms with van der Waals surface area (Å²) in [6, 6.07) is 7.57. The Hall–Kier alpha value is -2.48. The summed E-state index contributed by atoms with van der Waals surface area (Å²) in [4.78, 5) is 26.5. The van der Waals surface area contributed by atoms with Crippen molar-refractivity contribution in [3.8, 4) is 0 Å². The Kier molecular flexibility index (Phi) is 4.49. The molecule has 0 atom stereocenters. The van der Waals surface area contributed by atoms with Gasteiger partial charge < -0.3 is 10.6 Å². The first kappa shape index (κ1) is 14.9. The van der Waals surface area contributed by atoms with E-state index < -0.39 is 10.8 Å². The van der Waals surface area contributed by atoms with Gasteiger partial charge in [0.05, 0.1) is 4.92 Å². The molecule has 0 radical (unpaired) electrons. The Morgan fingerprint density at radius 1 is 1.33 bits per heavy atom. The molecule has 0 bridgehead atoms. The number of nitro benzene ring substituents is 1. The van der Waals surface area contributed by atoms with E-state index >= 15 is 0 Å². The topological polar surface area (TPSA) is 97.2 Å². The van der Waals surface area contributed by atoms with Crippen LogP contribution in [-0.4, -0.2) is 22.9 Å². The number of carbonyl (C=O) groups excluding carboxylic acids is 1. The molecule has 0 saturated heterocycles. The Morgan fingerprint density at radius 2 is 2.10 bits per heavy atom. The van der Waals surface area contributed by atoms with Gasteiger partial charge in [0, 0.05) is 29.3 Å². The predicted molar refractivity (Wildman–Crippen MR) is 82.5 cm³/mol. The summed E-state index contributed by atoms with van der Waals surface area (Å²) in [6.45, 7) is 0. The van der Waals surface area contributed by atoms with E-state index in [9.17, 15) is 14.9 Å². The average molecular weight is 351 g/mol. The average Bonchev–Trinajstić information content (AvgIpc) is 2.48. The van der Waals surface area contributed by atoms with Gasteiger partial charge in [-0.05, 0) is 40.2 Å². The Labute approximate surface area is 128 Å². The third-order valence-electron chi connectivity index (χ3n) is 2.69. The molecule has 2 N–H and O–H groups in total. The zero-order valence-electron chi connectivity index (χ0n) is 11.0. The van der Waals surface area contributed by atoms with E-state index in [0.717, 1.165) is 4.47 Å². The molecule has 7 nitrogen and oxygen atoms in total. The van der Waals surface area contributed by atoms with Gasteiger partial charge in [0.15, 0.2) is 0 Å². The highest BCUT2D eigenvalue weighted by atomic mass is 79.9. The van der Waals surface area contributed by atoms with Gasteiger partial charge in [-0.1, -0.05) is 0 Å². The molecule has 1 aromatic carbocycles. The lowest BCUT2D eigenvalue weighted by molar-refractivity contribution is -0.384. The monoisotopic (exact) mass is 350 g/mol. The first-order valence-electron chi connectivity index (χ1n) is 5.90. The quantitative estimate of drug-likeness (QED) is 0.652. The summed E-state index contributed by atoms with van der Waals surface area (Å²) in [5.74, 6) is -0.0980. The van der Waals surface area contributed by atoms with Crippen LogP contribution in [0.2, 0.25) is 0 Å². The second kappa shape index (κ2) is 6.31. The fraction of sp³-hybridized carbons (Fsp3) is 0.0769. The van der Waals surface area contributed by atoms with Gasteiger partial charge in [-0.15, -0.1) is 0 Å². The number of nitrogens with zero attached hydrogens (tertiary/aromatic N) is 2. The molecule has 21 heavy (non-hydrogen) atoms. The number of nitrogens with one attached hydrogen (secondary N) is 2. The largest absolute Gasteiger partial charge is 0.383 e. The van der Waals surface area contributed by atoms with Crippen molar-refractivity contribution in [1.82, 2.24) is 4.98 Å². The van der Waals surface area contributed by atoms with E-state index in [1.54, 1.807) is 25.4 Å². The molecule has 0 saturated carbocycles. The van der Waals surface area contributed by atoms with Gasteiger partial charge in [0.2, 0.25) is 0 Å². The van der Waals surface area contributed by atoms with Crippen LogP contribution < -0.4 is 10.6 Å². The van der Waals surface area contributed by atoms with Crippen molar-refractivity contribution >= 4 is 39.0 Å². The molecule has 1 amide bonds. The molecule has 2 aromatic rings. The molecule has 0 aliphatic carbocycles. The first-order chi connectivity index (χ1) is 10.0. The molecule has 8 heteroatoms. The summed E-state index contributed by atoms with van der Waals surface area (Å²) in [5, 5.41) is 16.3. The van der Waals surface area contributed by atoms with Gasteiger partial charge in [0.1, 0.15) is 11.5 Å². The maximum atomic E-state index is 12.1. The van der Waals surface area contributed by atoms with Gasteiger partial charge in [0.25, 0.3) is 11.6 Å². The number of nitro groups is 1. The van der Waals surface area contributed by atoms with Crippen LogP contribution in [-0.2, 0) is 0 Å². The van der Waals surface area contributed by atoms with E-state index in [2.05, 4.69) is 31.5 Å². The highest BCUT2D eigenvalue weighted by Gasteiger charge is 2.17. The Morgan fingerprint density at radius 3 is 2.67 bits per heavy atom. The first-order valence-corrected chi connectivity index (χ1v) is 6.69. The fourth-order valence-corrected chi connectivity index (χ4v) is 1.91. The second-order valence-electron chi connectivity index (χ2n) is 4.05. The van der Waals surface area contributed by atoms with Gasteiger partial charge >= 0.3 is 0 Å². The van der Waals surface area contributed by atoms with Crippen molar-refractivity contribution in [1.29, 1.82) is 0 Å². The summed E-state index contributed by atoms with van der Waals surface area (Å²) in [5.41, 5.74) is 0.373. The van der Waals surface area contributed by atoms with Gasteiger partial charge in [-0.2, -0.15) is 0 Å². The molecule has 0 aliphatic rings. The van der Waals surface area contributed by atoms with Crippen molar-refractivity contribution in [2.75, 3.05) is 17.7 Å². The number of carbonyl (C=O) groups is 1. The molecule has 1 heterocycles. The van der Waals surface area contributed by atoms with Crippen LogP contribution in [0.25, 0.3) is 0 Å². The number of amides is 1. The minimum Gasteiger partial charge on any atom is -0.383 e. The van der Waals surface area contributed by atoms with Crippen LogP contribution in [0.15, 0.2) is 41.0 Å². The molecule has 108 valence electrons. The summed E-state index contributed by atoms with van der Waals surface area (Å²) < 4.78 is 0.787. The minimum atomic E-state index is -0.541. The van der Waals surface area contributed by atoms with E-state index in [0.29, 0.717) is 11.5 Å². The zero-order chi connectivity index (χ0) is 15.4. The molecule has 0 aliphatic heterocycles. The predicted octanol–water partition coefficient (Wildman–Crippen LogP) is 3.05. The number of hydrogen-bond acceptors (Lipinski definition) is 5. The number of aromatic nitrogens is 1. The maximum absolute atomic E-state index is 12.1. The number of anilines is 2. The lowest BCUT2D eigenvalue weighted by Crippen LogP contribution is -2.13. The highest BCUT2D eigenvalue weighted by molar-refractivity contribution is 9.10. The number of halogens is 1. The zero-order valence-corrected chi connectivity index (χ0v) is 12.5. The number of pyridine rings is 1. The van der Waals surface area contributed by atoms with Gasteiger partial charge in [-0.3, -0.25) is 14.9 Å². The molecular weight excluding hydrogens is 340 g/mol. The fourth-order valence-electron chi connectivity index (χ4n) is 1.67. The number of hydrogen-bond donors (Lipinski definition) is 2. The highest BCUT2D eigenvalue weighted by Crippen LogP contribution is 2.25. The van der Waals surface area contributed by atoms with Crippen molar-refractivity contribution in [3.05, 3.63) is 56.7 Å². The second-order valence-corrected chi connectivity index (χ2v) is 4.97. The van der Waals surface area contributed by atoms with Gasteiger partial charge in [-0.25, -0.2) is 4.98 Å². The van der Waals surface area contributed by atoms with Crippen LogP contribution in [0.3, 0.4) is 0 Å². The lowest BCUT2D eigenvalue weighted by atomic mass is 10.1. The van der Waals surface area contributed by atoms with Crippen LogP contribution in [0.1, 0.15) is 10.4 Å². The number of rotatable bonds is 4. The van der Waals surface area contributed by atoms with E-state index in [1.807, 2.05) is 0 Å². The summed E-state index contributed by atoms with van der Waals surface area (Å²) >= 11 is 3.24. The normalized spacial score (nSPS) is 10.0. The van der Waals surface area contributed by atoms with Crippen molar-refractivity contribution in [3.63, 3.8) is 0 Å². The minimum absolute atomic E-state index is 0.158. The molecule has 2 rings (SSSR count). The van der Waals surface area contributed by atoms with Crippen LogP contribution in [0.5, 0.6) is 0 Å². The van der Waals surface area contributed by atoms with E-state index in [-0.39, 0.29) is 11.3 Å². The SMILES string of the molecule is CNc1ccc(C(=O)Nc2ccc(Br)cn2)cc1[N+](=O)[O-]. The molecule has 0 spiro atoms. The lowest BCUT2D eigenvalue weighted by Gasteiger charge is -2.06. The van der Waals surface area contributed by atoms with Crippen molar-refractivity contribution in [2.45, 2.75) is 0 Å². The molecule has 0 fully saturated rings. The molecule has 1 aromatic heterocycles. The summed E-state index contributed by atoms with van der Waals surface area (Å²) in [6.07, 6.45) is 1.54. The smallest absolute Gasteiger partial charge is 0.293 e. The summed E-state index contributed by atoms with van der Waals surface area (Å²) in [7, 11) is 1.58. The van der Waals surface area contributed by atoms with E-state index in [1.165, 1.54) is 18.2 Å². The number of benzene rings is 1. The Balaban J connectivity index is 2.25. The van der Waals surface area contributed by atoms with Crippen LogP contribution in [0.4, 0.5) is 17.2 Å². The van der Waals surface area contributed by atoms with Crippen molar-refractivity contribution < 1.29 is 9.72 Å². The van der Waals surface area contributed by atoms with E-state index in [4.69, 9.17) is 0 Å². The Bertz CT molecular complexity index is 688.